The Morgan fingerprint density at radius 1 is 1.03 bits per heavy atom. The third-order valence-corrected chi connectivity index (χ3v) is 7.82. The minimum atomic E-state index is -0.478. The number of pyridine rings is 2. The van der Waals surface area contributed by atoms with Crippen LogP contribution in [0.25, 0.3) is 39.1 Å². The SMILES string of the molecule is Nc1ncc2c3c1c(-c1cnc4ccccc4c1)nn3[C@@H]1CCCC(C1)C(O)NCCCCC/C=C/2. The van der Waals surface area contributed by atoms with E-state index in [9.17, 15) is 5.11 Å². The van der Waals surface area contributed by atoms with Gasteiger partial charge in [0.15, 0.2) is 0 Å². The molecule has 2 unspecified atom stereocenters. The van der Waals surface area contributed by atoms with Crippen molar-refractivity contribution < 1.29 is 5.11 Å². The molecule has 4 aromatic rings. The number of nitrogens with zero attached hydrogens (tertiary/aromatic N) is 4. The number of aliphatic hydroxyl groups is 1. The first kappa shape index (κ1) is 23.1. The van der Waals surface area contributed by atoms with Crippen LogP contribution in [0.3, 0.4) is 0 Å². The van der Waals surface area contributed by atoms with Crippen LogP contribution in [0.1, 0.15) is 63.0 Å². The summed E-state index contributed by atoms with van der Waals surface area (Å²) in [7, 11) is 0. The second-order valence-corrected chi connectivity index (χ2v) is 10.3. The van der Waals surface area contributed by atoms with E-state index in [4.69, 9.17) is 15.8 Å². The van der Waals surface area contributed by atoms with Crippen LogP contribution < -0.4 is 11.1 Å². The van der Waals surface area contributed by atoms with Crippen molar-refractivity contribution in [2.24, 2.45) is 5.92 Å². The Bertz CT molecular complexity index is 1410. The number of rotatable bonds is 1. The molecular weight excluding hydrogens is 448 g/mol. The van der Waals surface area contributed by atoms with Crippen molar-refractivity contribution in [1.29, 1.82) is 0 Å². The highest BCUT2D eigenvalue weighted by molar-refractivity contribution is 6.04. The number of allylic oxidation sites excluding steroid dienone is 1. The molecule has 3 aromatic heterocycles. The van der Waals surface area contributed by atoms with Crippen LogP contribution in [0, 0.1) is 5.92 Å². The summed E-state index contributed by atoms with van der Waals surface area (Å²) < 4.78 is 2.18. The first-order chi connectivity index (χ1) is 17.7. The predicted octanol–water partition coefficient (Wildman–Crippen LogP) is 5.46. The monoisotopic (exact) mass is 482 g/mol. The molecule has 7 heteroatoms. The van der Waals surface area contributed by atoms with E-state index in [1.165, 1.54) is 0 Å². The number of aliphatic hydroxyl groups excluding tert-OH is 1. The molecule has 36 heavy (non-hydrogen) atoms. The summed E-state index contributed by atoms with van der Waals surface area (Å²) in [5.74, 6) is 0.695. The van der Waals surface area contributed by atoms with Gasteiger partial charge in [0.25, 0.3) is 0 Å². The van der Waals surface area contributed by atoms with E-state index in [-0.39, 0.29) is 12.0 Å². The quantitative estimate of drug-likeness (QED) is 0.333. The molecule has 1 fully saturated rings. The fraction of sp³-hybridized carbons (Fsp3) is 0.414. The molecule has 1 saturated carbocycles. The fourth-order valence-corrected chi connectivity index (χ4v) is 5.91. The highest BCUT2D eigenvalue weighted by Gasteiger charge is 2.31. The van der Waals surface area contributed by atoms with E-state index in [1.807, 2.05) is 30.6 Å². The van der Waals surface area contributed by atoms with Crippen LogP contribution in [-0.4, -0.2) is 37.6 Å². The average molecular weight is 483 g/mol. The number of aromatic nitrogens is 4. The van der Waals surface area contributed by atoms with E-state index in [0.717, 1.165) is 96.5 Å². The van der Waals surface area contributed by atoms with Crippen LogP contribution in [0.2, 0.25) is 0 Å². The zero-order valence-electron chi connectivity index (χ0n) is 20.6. The molecule has 1 aromatic carbocycles. The summed E-state index contributed by atoms with van der Waals surface area (Å²) >= 11 is 0. The van der Waals surface area contributed by atoms with Crippen molar-refractivity contribution in [2.45, 2.75) is 63.6 Å². The molecule has 6 rings (SSSR count). The van der Waals surface area contributed by atoms with E-state index >= 15 is 0 Å². The number of hydrogen-bond donors (Lipinski definition) is 3. The lowest BCUT2D eigenvalue weighted by Crippen LogP contribution is -2.39. The van der Waals surface area contributed by atoms with Crippen molar-refractivity contribution in [1.82, 2.24) is 25.1 Å². The fourth-order valence-electron chi connectivity index (χ4n) is 5.91. The minimum Gasteiger partial charge on any atom is -0.383 e. The second-order valence-electron chi connectivity index (χ2n) is 10.3. The minimum absolute atomic E-state index is 0.184. The molecule has 4 N–H and O–H groups in total. The van der Waals surface area contributed by atoms with Gasteiger partial charge < -0.3 is 10.8 Å². The largest absolute Gasteiger partial charge is 0.383 e. The standard InChI is InChI=1S/C29H34N6O/c30-28-25-26(22-15-19-9-5-6-13-24(19)32-18-22)34-35-23-12-8-11-20(16-23)29(36)31-14-7-3-1-2-4-10-21(17-33-28)27(25)35/h4-6,9-10,13,15,17-18,20,23,29,31,36H,1-3,7-8,11-12,14,16H2,(H2,30,33)/b10-4+/t20?,23-,29?/m1/s1. The van der Waals surface area contributed by atoms with E-state index in [2.05, 4.69) is 39.3 Å². The van der Waals surface area contributed by atoms with Crippen LogP contribution in [0.15, 0.2) is 48.8 Å². The number of benzene rings is 1. The summed E-state index contributed by atoms with van der Waals surface area (Å²) in [4.78, 5) is 9.28. The van der Waals surface area contributed by atoms with Gasteiger partial charge in [-0.1, -0.05) is 43.2 Å². The molecule has 0 saturated heterocycles. The predicted molar refractivity (Wildman–Crippen MR) is 145 cm³/mol. The summed E-state index contributed by atoms with van der Waals surface area (Å²) in [6.07, 6.45) is 16.1. The molecule has 4 heterocycles. The maximum absolute atomic E-state index is 10.9. The molecule has 2 aliphatic rings. The molecular formula is C29H34N6O. The lowest BCUT2D eigenvalue weighted by molar-refractivity contribution is 0.0428. The Kier molecular flexibility index (Phi) is 6.42. The highest BCUT2D eigenvalue weighted by Crippen LogP contribution is 2.40. The zero-order valence-corrected chi connectivity index (χ0v) is 20.6. The van der Waals surface area contributed by atoms with Gasteiger partial charge in [-0.3, -0.25) is 15.0 Å². The molecule has 0 radical (unpaired) electrons. The van der Waals surface area contributed by atoms with Gasteiger partial charge in [0.05, 0.1) is 22.5 Å². The first-order valence-corrected chi connectivity index (χ1v) is 13.3. The van der Waals surface area contributed by atoms with Crippen molar-refractivity contribution in [3.05, 3.63) is 54.4 Å². The molecule has 0 amide bonds. The number of anilines is 1. The Morgan fingerprint density at radius 2 is 1.94 bits per heavy atom. The Morgan fingerprint density at radius 3 is 2.89 bits per heavy atom. The van der Waals surface area contributed by atoms with Gasteiger partial charge >= 0.3 is 0 Å². The Balaban J connectivity index is 1.53. The van der Waals surface area contributed by atoms with Gasteiger partial charge in [0, 0.05) is 34.8 Å². The Hall–Kier alpha value is -3.29. The van der Waals surface area contributed by atoms with Gasteiger partial charge in [-0.25, -0.2) is 4.98 Å². The third-order valence-electron chi connectivity index (χ3n) is 7.82. The third kappa shape index (κ3) is 4.38. The maximum atomic E-state index is 10.9. The number of nitrogens with one attached hydrogen (secondary N) is 1. The molecule has 0 spiro atoms. The van der Waals surface area contributed by atoms with Gasteiger partial charge in [-0.15, -0.1) is 0 Å². The lowest BCUT2D eigenvalue weighted by Gasteiger charge is -2.33. The van der Waals surface area contributed by atoms with Gasteiger partial charge in [0.1, 0.15) is 17.7 Å². The normalized spacial score (nSPS) is 24.3. The van der Waals surface area contributed by atoms with Gasteiger partial charge in [-0.2, -0.15) is 5.10 Å². The number of hydrogen-bond acceptors (Lipinski definition) is 6. The number of fused-ring (bicyclic) bond motifs is 4. The van der Waals surface area contributed by atoms with E-state index in [1.54, 1.807) is 0 Å². The van der Waals surface area contributed by atoms with E-state index < -0.39 is 6.23 Å². The maximum Gasteiger partial charge on any atom is 0.135 e. The molecule has 1 aliphatic carbocycles. The first-order valence-electron chi connectivity index (χ1n) is 13.3. The number of para-hydroxylation sites is 1. The topological polar surface area (TPSA) is 102 Å². The highest BCUT2D eigenvalue weighted by atomic mass is 16.3. The van der Waals surface area contributed by atoms with Crippen LogP contribution >= 0.6 is 0 Å². The smallest absolute Gasteiger partial charge is 0.135 e. The van der Waals surface area contributed by atoms with E-state index in [0.29, 0.717) is 5.82 Å². The van der Waals surface area contributed by atoms with Crippen molar-refractivity contribution in [3.63, 3.8) is 0 Å². The summed E-state index contributed by atoms with van der Waals surface area (Å²) in [5, 5.41) is 21.5. The average Bonchev–Trinajstić information content (AvgIpc) is 3.32. The molecule has 186 valence electrons. The van der Waals surface area contributed by atoms with Crippen molar-refractivity contribution >= 4 is 33.7 Å². The Labute approximate surface area is 211 Å². The number of nitrogen functional groups attached to an aromatic ring is 1. The van der Waals surface area contributed by atoms with Gasteiger partial charge in [-0.05, 0) is 57.2 Å². The van der Waals surface area contributed by atoms with Crippen LogP contribution in [-0.2, 0) is 0 Å². The molecule has 2 bridgehead atoms. The van der Waals surface area contributed by atoms with Crippen LogP contribution in [0.4, 0.5) is 5.82 Å². The van der Waals surface area contributed by atoms with Crippen LogP contribution in [0.5, 0.6) is 0 Å². The van der Waals surface area contributed by atoms with Crippen molar-refractivity contribution in [2.75, 3.05) is 12.3 Å². The molecule has 3 atom stereocenters. The zero-order chi connectivity index (χ0) is 24.5. The van der Waals surface area contributed by atoms with Crippen molar-refractivity contribution in [3.8, 4) is 11.3 Å². The molecule has 7 nitrogen and oxygen atoms in total. The summed E-state index contributed by atoms with van der Waals surface area (Å²) in [6, 6.07) is 10.4. The summed E-state index contributed by atoms with van der Waals surface area (Å²) in [5.41, 5.74) is 11.3. The second kappa shape index (κ2) is 9.99. The summed E-state index contributed by atoms with van der Waals surface area (Å²) in [6.45, 7) is 0.859. The molecule has 1 aliphatic heterocycles. The number of nitrogens with two attached hydrogens (primary N) is 1. The van der Waals surface area contributed by atoms with Gasteiger partial charge in [0.2, 0.25) is 0 Å². The lowest BCUT2D eigenvalue weighted by atomic mass is 9.84.